The van der Waals surface area contributed by atoms with Gasteiger partial charge in [-0.1, -0.05) is 105 Å². The smallest absolute Gasteiger partial charge is 0.0693 e. The Bertz CT molecular complexity index is 2390. The fourth-order valence-corrected chi connectivity index (χ4v) is 8.03. The summed E-state index contributed by atoms with van der Waals surface area (Å²) in [5, 5.41) is 0. The summed E-state index contributed by atoms with van der Waals surface area (Å²) in [7, 11) is 2.01. The molecule has 6 aromatic rings. The van der Waals surface area contributed by atoms with Gasteiger partial charge in [0.25, 0.3) is 0 Å². The normalized spacial score (nSPS) is 14.8. The van der Waals surface area contributed by atoms with E-state index in [2.05, 4.69) is 164 Å². The molecule has 300 valence electrons. The largest absolute Gasteiger partial charge is 0.510 e. The van der Waals surface area contributed by atoms with E-state index in [1.807, 2.05) is 72.4 Å². The minimum atomic E-state index is -0.860. The number of hydrogen-bond acceptors (Lipinski definition) is 5. The summed E-state index contributed by atoms with van der Waals surface area (Å²) in [6, 6.07) is 49.0. The molecule has 2 aliphatic rings. The van der Waals surface area contributed by atoms with Crippen molar-refractivity contribution >= 4 is 22.7 Å². The molecular weight excluding hydrogens is 892 g/mol. The van der Waals surface area contributed by atoms with E-state index in [0.29, 0.717) is 11.5 Å². The van der Waals surface area contributed by atoms with Crippen LogP contribution in [0.15, 0.2) is 134 Å². The van der Waals surface area contributed by atoms with Crippen LogP contribution in [-0.2, 0) is 42.7 Å². The van der Waals surface area contributed by atoms with Crippen molar-refractivity contribution in [3.63, 3.8) is 0 Å². The van der Waals surface area contributed by atoms with E-state index in [1.165, 1.54) is 16.7 Å². The van der Waals surface area contributed by atoms with Gasteiger partial charge in [-0.25, -0.2) is 0 Å². The molecule has 8 rings (SSSR count). The third kappa shape index (κ3) is 7.50. The second-order valence-electron chi connectivity index (χ2n) is 18.5. The van der Waals surface area contributed by atoms with Gasteiger partial charge in [-0.05, 0) is 99.9 Å². The zero-order valence-corrected chi connectivity index (χ0v) is 37.6. The van der Waals surface area contributed by atoms with Gasteiger partial charge in [0, 0.05) is 44.4 Å². The standard InChI is InChI=1S/C52H53N4O.Pt/c1-49(2,3)36-20-24-40(25-21-36)56-46-26-22-37(50(4,5)6)32-44(46)52(48-19-11-12-28-53-48,45-33-38(51(7,8)9)23-27-47(45)56)39-15-13-17-42(31-39)57-43-18-14-16-41(34-43)55-30-29-54(10)35-55;/h11-30,32-33,35H,1-10H3;/q-3;. The molecule has 3 heterocycles. The van der Waals surface area contributed by atoms with Crippen molar-refractivity contribution < 1.29 is 25.8 Å². The van der Waals surface area contributed by atoms with Crippen LogP contribution >= 0.6 is 0 Å². The summed E-state index contributed by atoms with van der Waals surface area (Å²) in [5.74, 6) is 1.22. The number of rotatable bonds is 6. The second-order valence-corrected chi connectivity index (χ2v) is 18.5. The van der Waals surface area contributed by atoms with Gasteiger partial charge in [0.05, 0.1) is 22.5 Å². The van der Waals surface area contributed by atoms with E-state index in [0.717, 1.165) is 45.1 Å². The molecule has 2 aliphatic heterocycles. The topological polar surface area (TPSA) is 31.8 Å². The predicted octanol–water partition coefficient (Wildman–Crippen LogP) is 12.9. The average Bonchev–Trinajstić information content (AvgIpc) is 3.62. The fraction of sp³-hybridized carbons (Fsp3) is 0.269. The molecule has 0 saturated heterocycles. The number of aromatic nitrogens is 1. The molecule has 0 amide bonds. The summed E-state index contributed by atoms with van der Waals surface area (Å²) in [6.07, 6.45) is 5.93. The third-order valence-corrected chi connectivity index (χ3v) is 11.2. The Kier molecular flexibility index (Phi) is 10.8. The van der Waals surface area contributed by atoms with Crippen LogP contribution in [0.1, 0.15) is 101 Å². The van der Waals surface area contributed by atoms with Gasteiger partial charge < -0.3 is 19.4 Å². The van der Waals surface area contributed by atoms with Gasteiger partial charge >= 0.3 is 0 Å². The van der Waals surface area contributed by atoms with Gasteiger partial charge in [-0.2, -0.15) is 24.9 Å². The van der Waals surface area contributed by atoms with Crippen molar-refractivity contribution in [1.29, 1.82) is 0 Å². The number of benzene rings is 5. The monoisotopic (exact) mass is 944 g/mol. The number of ether oxygens (including phenoxy) is 1. The van der Waals surface area contributed by atoms with E-state index in [-0.39, 0.29) is 37.3 Å². The maximum Gasteiger partial charge on any atom is 0.0693 e. The molecular formula is C52H53N4OPt-3. The number of pyridine rings is 1. The van der Waals surface area contributed by atoms with Crippen LogP contribution in [0, 0.1) is 18.8 Å². The molecule has 0 radical (unpaired) electrons. The van der Waals surface area contributed by atoms with Crippen LogP contribution in [0.25, 0.3) is 0 Å². The molecule has 6 heteroatoms. The Morgan fingerprint density at radius 1 is 0.603 bits per heavy atom. The van der Waals surface area contributed by atoms with Gasteiger partial charge in [-0.3, -0.25) is 4.98 Å². The van der Waals surface area contributed by atoms with E-state index in [4.69, 9.17) is 9.72 Å². The molecule has 0 saturated carbocycles. The molecule has 0 fully saturated rings. The molecule has 0 unspecified atom stereocenters. The molecule has 5 nitrogen and oxygen atoms in total. The van der Waals surface area contributed by atoms with Crippen LogP contribution in [0.3, 0.4) is 0 Å². The van der Waals surface area contributed by atoms with Crippen molar-refractivity contribution in [2.24, 2.45) is 0 Å². The Morgan fingerprint density at radius 2 is 1.17 bits per heavy atom. The number of fused-ring (bicyclic) bond motifs is 2. The Morgan fingerprint density at radius 3 is 1.71 bits per heavy atom. The third-order valence-electron chi connectivity index (χ3n) is 11.2. The average molecular weight is 945 g/mol. The summed E-state index contributed by atoms with van der Waals surface area (Å²) < 4.78 is 6.66. The summed E-state index contributed by atoms with van der Waals surface area (Å²) in [6.45, 7) is 22.5. The number of anilines is 4. The van der Waals surface area contributed by atoms with Crippen molar-refractivity contribution in [3.8, 4) is 11.5 Å². The maximum atomic E-state index is 6.66. The molecule has 5 aromatic carbocycles. The van der Waals surface area contributed by atoms with E-state index in [9.17, 15) is 0 Å². The molecule has 0 atom stereocenters. The van der Waals surface area contributed by atoms with E-state index < -0.39 is 5.41 Å². The minimum Gasteiger partial charge on any atom is -0.510 e. The Hall–Kier alpha value is -5.12. The zero-order chi connectivity index (χ0) is 40.3. The second kappa shape index (κ2) is 15.2. The molecule has 0 spiro atoms. The van der Waals surface area contributed by atoms with Gasteiger partial charge in [0.15, 0.2) is 0 Å². The molecule has 58 heavy (non-hydrogen) atoms. The zero-order valence-electron chi connectivity index (χ0n) is 35.3. The van der Waals surface area contributed by atoms with Crippen molar-refractivity contribution in [1.82, 2.24) is 9.88 Å². The molecule has 0 bridgehead atoms. The van der Waals surface area contributed by atoms with Crippen molar-refractivity contribution in [2.75, 3.05) is 16.8 Å². The van der Waals surface area contributed by atoms with Gasteiger partial charge in [0.2, 0.25) is 0 Å². The van der Waals surface area contributed by atoms with E-state index >= 15 is 0 Å². The first kappa shape index (κ1) is 41.1. The molecule has 0 N–H and O–H groups in total. The fourth-order valence-electron chi connectivity index (χ4n) is 8.03. The van der Waals surface area contributed by atoms with E-state index in [1.54, 1.807) is 0 Å². The van der Waals surface area contributed by atoms with Crippen molar-refractivity contribution in [2.45, 2.75) is 84.0 Å². The molecule has 1 aromatic heterocycles. The Balaban J connectivity index is 0.00000512. The summed E-state index contributed by atoms with van der Waals surface area (Å²) in [5.41, 5.74) is 11.1. The number of nitrogens with zero attached hydrogens (tertiary/aromatic N) is 4. The Labute approximate surface area is 360 Å². The SMILES string of the molecule is CN1C=CN(c2[c-]c(Oc3[c-]c(C4(c5ccccn5)c5cc(C(C)(C)C)ccc5N(c5ccc(C(C)(C)C)cc5)c5ccc(C(C)(C)C)cc54)ccc3)ccc2)[CH-]1.[Pt]. The first-order valence-corrected chi connectivity index (χ1v) is 19.9. The van der Waals surface area contributed by atoms with Crippen LogP contribution in [0.5, 0.6) is 11.5 Å². The van der Waals surface area contributed by atoms with Crippen LogP contribution in [-0.4, -0.2) is 16.9 Å². The predicted molar refractivity (Wildman–Crippen MR) is 235 cm³/mol. The van der Waals surface area contributed by atoms with Crippen LogP contribution in [0.4, 0.5) is 22.7 Å². The minimum absolute atomic E-state index is 0. The van der Waals surface area contributed by atoms with Gasteiger partial charge in [-0.15, -0.1) is 41.6 Å². The number of hydrogen-bond donors (Lipinski definition) is 0. The van der Waals surface area contributed by atoms with Crippen molar-refractivity contribution in [3.05, 3.63) is 192 Å². The summed E-state index contributed by atoms with van der Waals surface area (Å²) >= 11 is 0. The molecule has 0 aliphatic carbocycles. The maximum absolute atomic E-state index is 6.66. The summed E-state index contributed by atoms with van der Waals surface area (Å²) in [4.78, 5) is 11.7. The van der Waals surface area contributed by atoms with Crippen LogP contribution < -0.4 is 14.5 Å². The van der Waals surface area contributed by atoms with Crippen LogP contribution in [0.2, 0.25) is 0 Å². The first-order valence-electron chi connectivity index (χ1n) is 19.9. The van der Waals surface area contributed by atoms with Gasteiger partial charge in [0.1, 0.15) is 0 Å². The first-order chi connectivity index (χ1) is 27.0. The quantitative estimate of drug-likeness (QED) is 0.155.